The summed E-state index contributed by atoms with van der Waals surface area (Å²) < 4.78 is 7.17. The largest absolute Gasteiger partial charge is 0.376 e. The fraction of sp³-hybridized carbons (Fsp3) is 0.571. The number of carbonyl (C=O) groups is 1. The minimum Gasteiger partial charge on any atom is -0.376 e. The number of hydrogen-bond donors (Lipinski definition) is 1. The van der Waals surface area contributed by atoms with E-state index in [0.717, 1.165) is 30.8 Å². The van der Waals surface area contributed by atoms with E-state index < -0.39 is 0 Å². The molecule has 1 amide bonds. The zero-order chi connectivity index (χ0) is 15.5. The molecule has 1 unspecified atom stereocenters. The van der Waals surface area contributed by atoms with Crippen LogP contribution in [0.3, 0.4) is 0 Å². The monoisotopic (exact) mass is 321 g/mol. The van der Waals surface area contributed by atoms with Gasteiger partial charge in [0.25, 0.3) is 5.78 Å². The van der Waals surface area contributed by atoms with Crippen molar-refractivity contribution in [1.82, 2.24) is 24.9 Å². The standard InChI is InChI=1S/C14H19N5O2S/c1-9-6-10(2)19-13(16-9)17-14(18-19)22-8-12(20)15-7-11-4-3-5-21-11/h6,11H,3-5,7-8H2,1-2H3,(H,15,20). The van der Waals surface area contributed by atoms with Crippen molar-refractivity contribution in [3.05, 3.63) is 17.5 Å². The first-order valence-electron chi connectivity index (χ1n) is 7.34. The molecule has 0 spiro atoms. The van der Waals surface area contributed by atoms with Crippen LogP contribution in [-0.2, 0) is 9.53 Å². The molecule has 0 bridgehead atoms. The smallest absolute Gasteiger partial charge is 0.253 e. The van der Waals surface area contributed by atoms with Crippen molar-refractivity contribution in [2.45, 2.75) is 37.9 Å². The Morgan fingerprint density at radius 1 is 1.50 bits per heavy atom. The SMILES string of the molecule is Cc1cc(C)n2nc(SCC(=O)NCC3CCCO3)nc2n1. The van der Waals surface area contributed by atoms with E-state index >= 15 is 0 Å². The Morgan fingerprint density at radius 2 is 2.36 bits per heavy atom. The van der Waals surface area contributed by atoms with Gasteiger partial charge in [0.2, 0.25) is 11.1 Å². The fourth-order valence-corrected chi connectivity index (χ4v) is 3.07. The van der Waals surface area contributed by atoms with Gasteiger partial charge in [0.15, 0.2) is 0 Å². The summed E-state index contributed by atoms with van der Waals surface area (Å²) in [7, 11) is 0. The number of aryl methyl sites for hydroxylation is 2. The van der Waals surface area contributed by atoms with Crippen molar-refractivity contribution in [1.29, 1.82) is 0 Å². The first-order chi connectivity index (χ1) is 10.6. The van der Waals surface area contributed by atoms with Gasteiger partial charge in [-0.05, 0) is 32.8 Å². The van der Waals surface area contributed by atoms with Crippen LogP contribution in [0.2, 0.25) is 0 Å². The van der Waals surface area contributed by atoms with Gasteiger partial charge in [-0.2, -0.15) is 4.98 Å². The maximum atomic E-state index is 11.8. The van der Waals surface area contributed by atoms with Crippen LogP contribution in [0.5, 0.6) is 0 Å². The number of thioether (sulfide) groups is 1. The second-order valence-corrected chi connectivity index (χ2v) is 6.32. The maximum Gasteiger partial charge on any atom is 0.253 e. The van der Waals surface area contributed by atoms with Gasteiger partial charge in [0, 0.05) is 24.5 Å². The second kappa shape index (κ2) is 6.62. The lowest BCUT2D eigenvalue weighted by Crippen LogP contribution is -2.32. The van der Waals surface area contributed by atoms with Crippen LogP contribution >= 0.6 is 11.8 Å². The Bertz CT molecular complexity index is 681. The zero-order valence-electron chi connectivity index (χ0n) is 12.7. The lowest BCUT2D eigenvalue weighted by Gasteiger charge is -2.09. The third kappa shape index (κ3) is 3.56. The van der Waals surface area contributed by atoms with Crippen molar-refractivity contribution in [3.8, 4) is 0 Å². The number of fused-ring (bicyclic) bond motifs is 1. The third-order valence-corrected chi connectivity index (χ3v) is 4.32. The zero-order valence-corrected chi connectivity index (χ0v) is 13.5. The van der Waals surface area contributed by atoms with Gasteiger partial charge < -0.3 is 10.1 Å². The highest BCUT2D eigenvalue weighted by Crippen LogP contribution is 2.15. The summed E-state index contributed by atoms with van der Waals surface area (Å²) in [6, 6.07) is 1.95. The Hall–Kier alpha value is -1.67. The van der Waals surface area contributed by atoms with Gasteiger partial charge in [-0.1, -0.05) is 11.8 Å². The molecule has 1 atom stereocenters. The number of rotatable bonds is 5. The lowest BCUT2D eigenvalue weighted by molar-refractivity contribution is -0.119. The summed E-state index contributed by atoms with van der Waals surface area (Å²) >= 11 is 1.32. The molecule has 1 N–H and O–H groups in total. The lowest BCUT2D eigenvalue weighted by atomic mass is 10.2. The number of aromatic nitrogens is 4. The van der Waals surface area contributed by atoms with E-state index in [1.807, 2.05) is 19.9 Å². The molecule has 3 heterocycles. The van der Waals surface area contributed by atoms with Gasteiger partial charge >= 0.3 is 0 Å². The van der Waals surface area contributed by atoms with Crippen LogP contribution in [-0.4, -0.2) is 50.5 Å². The van der Waals surface area contributed by atoms with Crippen molar-refractivity contribution < 1.29 is 9.53 Å². The molecule has 0 aromatic carbocycles. The third-order valence-electron chi connectivity index (χ3n) is 3.48. The Morgan fingerprint density at radius 3 is 3.14 bits per heavy atom. The maximum absolute atomic E-state index is 11.8. The average molecular weight is 321 g/mol. The molecule has 0 aliphatic carbocycles. The summed E-state index contributed by atoms with van der Waals surface area (Å²) in [5.74, 6) is 0.835. The molecule has 22 heavy (non-hydrogen) atoms. The van der Waals surface area contributed by atoms with E-state index in [2.05, 4.69) is 20.4 Å². The molecule has 0 saturated carbocycles. The molecular weight excluding hydrogens is 302 g/mol. The van der Waals surface area contributed by atoms with Crippen LogP contribution in [0.15, 0.2) is 11.2 Å². The van der Waals surface area contributed by atoms with Gasteiger partial charge in [0.05, 0.1) is 11.9 Å². The number of nitrogens with one attached hydrogen (secondary N) is 1. The predicted octanol–water partition coefficient (Wildman–Crippen LogP) is 1.13. The number of ether oxygens (including phenoxy) is 1. The summed E-state index contributed by atoms with van der Waals surface area (Å²) in [5.41, 5.74) is 1.88. The summed E-state index contributed by atoms with van der Waals surface area (Å²) in [4.78, 5) is 20.5. The van der Waals surface area contributed by atoms with Gasteiger partial charge in [0.1, 0.15) is 0 Å². The van der Waals surface area contributed by atoms with Crippen LogP contribution in [0, 0.1) is 13.8 Å². The van der Waals surface area contributed by atoms with Gasteiger partial charge in [-0.25, -0.2) is 9.50 Å². The van der Waals surface area contributed by atoms with Crippen molar-refractivity contribution in [2.75, 3.05) is 18.9 Å². The van der Waals surface area contributed by atoms with Crippen molar-refractivity contribution >= 4 is 23.4 Å². The van der Waals surface area contributed by atoms with Gasteiger partial charge in [-0.15, -0.1) is 5.10 Å². The minimum atomic E-state index is -0.0276. The first kappa shape index (κ1) is 15.2. The highest BCUT2D eigenvalue weighted by Gasteiger charge is 2.16. The number of nitrogens with zero attached hydrogens (tertiary/aromatic N) is 4. The summed E-state index contributed by atoms with van der Waals surface area (Å²) in [6.45, 7) is 5.26. The molecule has 0 radical (unpaired) electrons. The van der Waals surface area contributed by atoms with Crippen molar-refractivity contribution in [2.24, 2.45) is 0 Å². The van der Waals surface area contributed by atoms with Crippen LogP contribution in [0.1, 0.15) is 24.2 Å². The van der Waals surface area contributed by atoms with E-state index in [1.165, 1.54) is 11.8 Å². The van der Waals surface area contributed by atoms with E-state index in [4.69, 9.17) is 4.74 Å². The molecule has 8 heteroatoms. The number of amides is 1. The quantitative estimate of drug-likeness (QED) is 0.831. The topological polar surface area (TPSA) is 81.4 Å². The van der Waals surface area contributed by atoms with Crippen LogP contribution < -0.4 is 5.32 Å². The van der Waals surface area contributed by atoms with E-state index in [9.17, 15) is 4.79 Å². The first-order valence-corrected chi connectivity index (χ1v) is 8.32. The molecule has 118 valence electrons. The molecule has 1 fully saturated rings. The molecule has 1 saturated heterocycles. The van der Waals surface area contributed by atoms with Crippen LogP contribution in [0.25, 0.3) is 5.78 Å². The van der Waals surface area contributed by atoms with Gasteiger partial charge in [-0.3, -0.25) is 4.79 Å². The molecule has 1 aliphatic heterocycles. The van der Waals surface area contributed by atoms with E-state index in [0.29, 0.717) is 23.2 Å². The Labute approximate surface area is 132 Å². The highest BCUT2D eigenvalue weighted by atomic mass is 32.2. The second-order valence-electron chi connectivity index (χ2n) is 5.37. The van der Waals surface area contributed by atoms with Crippen molar-refractivity contribution in [3.63, 3.8) is 0 Å². The molecule has 1 aliphatic rings. The Balaban J connectivity index is 1.54. The molecule has 2 aromatic rings. The number of hydrogen-bond acceptors (Lipinski definition) is 6. The normalized spacial score (nSPS) is 18.0. The molecular formula is C14H19N5O2S. The average Bonchev–Trinajstić information content (AvgIpc) is 3.11. The fourth-order valence-electron chi connectivity index (χ4n) is 2.42. The summed E-state index contributed by atoms with van der Waals surface area (Å²) in [5, 5.41) is 7.81. The van der Waals surface area contributed by atoms with E-state index in [1.54, 1.807) is 4.52 Å². The molecule has 3 rings (SSSR count). The summed E-state index contributed by atoms with van der Waals surface area (Å²) in [6.07, 6.45) is 2.26. The predicted molar refractivity (Wildman–Crippen MR) is 83.0 cm³/mol. The van der Waals surface area contributed by atoms with Crippen LogP contribution in [0.4, 0.5) is 0 Å². The molecule has 2 aromatic heterocycles. The highest BCUT2D eigenvalue weighted by molar-refractivity contribution is 7.99. The Kier molecular flexibility index (Phi) is 4.58. The molecule has 7 nitrogen and oxygen atoms in total. The minimum absolute atomic E-state index is 0.0276. The van der Waals surface area contributed by atoms with E-state index in [-0.39, 0.29) is 12.0 Å². The number of carbonyl (C=O) groups excluding carboxylic acids is 1.